The molecule has 3 aromatic rings. The van der Waals surface area contributed by atoms with Crippen LogP contribution in [0.3, 0.4) is 0 Å². The molecule has 2 N–H and O–H groups in total. The fraction of sp³-hybridized carbons (Fsp3) is 0.136. The normalized spacial score (nSPS) is 11.4. The van der Waals surface area contributed by atoms with Gasteiger partial charge in [0.1, 0.15) is 0 Å². The van der Waals surface area contributed by atoms with Crippen LogP contribution in [-0.2, 0) is 9.53 Å². The van der Waals surface area contributed by atoms with E-state index in [0.29, 0.717) is 11.3 Å². The quantitative estimate of drug-likeness (QED) is 0.466. The molecule has 1 atom stereocenters. The molecular weight excluding hydrogens is 356 g/mol. The standard InChI is InChI=1S/C22H20N2O4/c25-20(18-12-7-13-23-18)15-28-21(26)14-19(16-8-3-1-4-9-16)24-22(27)17-10-5-2-6-11-17/h1-13,19,23H,14-15H2,(H,24,27). The van der Waals surface area contributed by atoms with E-state index in [1.807, 2.05) is 36.4 Å². The van der Waals surface area contributed by atoms with Gasteiger partial charge >= 0.3 is 5.97 Å². The van der Waals surface area contributed by atoms with Crippen molar-refractivity contribution in [3.8, 4) is 0 Å². The van der Waals surface area contributed by atoms with E-state index in [0.717, 1.165) is 5.56 Å². The molecule has 0 aliphatic heterocycles. The second kappa shape index (κ2) is 9.32. The number of esters is 1. The fourth-order valence-corrected chi connectivity index (χ4v) is 2.72. The maximum Gasteiger partial charge on any atom is 0.308 e. The van der Waals surface area contributed by atoms with Gasteiger partial charge in [0.05, 0.1) is 18.2 Å². The van der Waals surface area contributed by atoms with Gasteiger partial charge in [0, 0.05) is 11.8 Å². The second-order valence-electron chi connectivity index (χ2n) is 6.17. The second-order valence-corrected chi connectivity index (χ2v) is 6.17. The first kappa shape index (κ1) is 19.1. The summed E-state index contributed by atoms with van der Waals surface area (Å²) in [6.45, 7) is -0.354. The molecule has 0 bridgehead atoms. The molecule has 6 nitrogen and oxygen atoms in total. The van der Waals surface area contributed by atoms with Gasteiger partial charge in [-0.1, -0.05) is 48.5 Å². The van der Waals surface area contributed by atoms with E-state index < -0.39 is 12.0 Å². The number of ketones is 1. The third kappa shape index (κ3) is 5.17. The van der Waals surface area contributed by atoms with Gasteiger partial charge in [-0.05, 0) is 29.8 Å². The van der Waals surface area contributed by atoms with Crippen molar-refractivity contribution >= 4 is 17.7 Å². The summed E-state index contributed by atoms with van der Waals surface area (Å²) >= 11 is 0. The number of carbonyl (C=O) groups is 3. The molecule has 2 aromatic carbocycles. The van der Waals surface area contributed by atoms with E-state index in [1.165, 1.54) is 0 Å². The summed E-state index contributed by atoms with van der Waals surface area (Å²) in [6, 6.07) is 20.7. The highest BCUT2D eigenvalue weighted by Gasteiger charge is 2.21. The summed E-state index contributed by atoms with van der Waals surface area (Å²) in [7, 11) is 0. The average Bonchev–Trinajstić information content (AvgIpc) is 3.28. The van der Waals surface area contributed by atoms with Gasteiger partial charge in [-0.25, -0.2) is 0 Å². The Labute approximate surface area is 162 Å². The van der Waals surface area contributed by atoms with Crippen LogP contribution in [0.25, 0.3) is 0 Å². The molecule has 0 aliphatic carbocycles. The highest BCUT2D eigenvalue weighted by atomic mass is 16.5. The minimum absolute atomic E-state index is 0.0827. The molecule has 6 heteroatoms. The average molecular weight is 376 g/mol. The number of aromatic amines is 1. The first-order valence-electron chi connectivity index (χ1n) is 8.86. The predicted octanol–water partition coefficient (Wildman–Crippen LogP) is 3.30. The van der Waals surface area contributed by atoms with Crippen LogP contribution in [0.15, 0.2) is 79.0 Å². The lowest BCUT2D eigenvalue weighted by Crippen LogP contribution is -2.31. The molecule has 1 unspecified atom stereocenters. The summed E-state index contributed by atoms with van der Waals surface area (Å²) in [5.74, 6) is -1.17. The SMILES string of the molecule is O=C(CC(NC(=O)c1ccccc1)c1ccccc1)OCC(=O)c1ccc[nH]1. The van der Waals surface area contributed by atoms with Gasteiger partial charge in [0.15, 0.2) is 6.61 Å². The van der Waals surface area contributed by atoms with E-state index >= 15 is 0 Å². The molecular formula is C22H20N2O4. The van der Waals surface area contributed by atoms with Crippen molar-refractivity contribution in [2.45, 2.75) is 12.5 Å². The summed E-state index contributed by atoms with van der Waals surface area (Å²) in [4.78, 5) is 39.5. The lowest BCUT2D eigenvalue weighted by atomic mass is 10.0. The first-order valence-corrected chi connectivity index (χ1v) is 8.86. The molecule has 1 amide bonds. The summed E-state index contributed by atoms with van der Waals surface area (Å²) in [5.41, 5.74) is 1.66. The van der Waals surface area contributed by atoms with Gasteiger partial charge < -0.3 is 15.0 Å². The molecule has 0 saturated carbocycles. The Hall–Kier alpha value is -3.67. The minimum Gasteiger partial charge on any atom is -0.457 e. The maximum absolute atomic E-state index is 12.5. The van der Waals surface area contributed by atoms with Gasteiger partial charge in [0.2, 0.25) is 5.78 Å². The minimum atomic E-state index is -0.568. The molecule has 1 aromatic heterocycles. The number of ether oxygens (including phenoxy) is 1. The highest BCUT2D eigenvalue weighted by Crippen LogP contribution is 2.18. The van der Waals surface area contributed by atoms with Crippen molar-refractivity contribution in [1.82, 2.24) is 10.3 Å². The predicted molar refractivity (Wildman–Crippen MR) is 104 cm³/mol. The number of Topliss-reactive ketones (excluding diaryl/α,β-unsaturated/α-hetero) is 1. The van der Waals surface area contributed by atoms with Crippen molar-refractivity contribution in [2.75, 3.05) is 6.61 Å². The first-order chi connectivity index (χ1) is 13.6. The summed E-state index contributed by atoms with van der Waals surface area (Å²) in [5, 5.41) is 2.86. The Morgan fingerprint density at radius 3 is 2.21 bits per heavy atom. The maximum atomic E-state index is 12.5. The van der Waals surface area contributed by atoms with Crippen molar-refractivity contribution in [1.29, 1.82) is 0 Å². The number of nitrogens with one attached hydrogen (secondary N) is 2. The van der Waals surface area contributed by atoms with Crippen LogP contribution >= 0.6 is 0 Å². The number of carbonyl (C=O) groups excluding carboxylic acids is 3. The number of hydrogen-bond acceptors (Lipinski definition) is 4. The van der Waals surface area contributed by atoms with Crippen LogP contribution in [-0.4, -0.2) is 29.3 Å². The molecule has 0 radical (unpaired) electrons. The summed E-state index contributed by atoms with van der Waals surface area (Å²) in [6.07, 6.45) is 1.54. The molecule has 0 saturated heterocycles. The molecule has 0 aliphatic rings. The van der Waals surface area contributed by atoms with E-state index in [9.17, 15) is 14.4 Å². The molecule has 0 spiro atoms. The van der Waals surface area contributed by atoms with E-state index in [1.54, 1.807) is 42.6 Å². The number of amides is 1. The smallest absolute Gasteiger partial charge is 0.308 e. The third-order valence-electron chi connectivity index (χ3n) is 4.18. The zero-order chi connectivity index (χ0) is 19.8. The topological polar surface area (TPSA) is 88.3 Å². The van der Waals surface area contributed by atoms with Crippen LogP contribution in [0.1, 0.15) is 38.9 Å². The van der Waals surface area contributed by atoms with Crippen LogP contribution in [0.2, 0.25) is 0 Å². The van der Waals surface area contributed by atoms with Crippen molar-refractivity contribution in [3.05, 3.63) is 95.8 Å². The number of H-pyrrole nitrogens is 1. The van der Waals surface area contributed by atoms with Crippen LogP contribution in [0, 0.1) is 0 Å². The van der Waals surface area contributed by atoms with Crippen LogP contribution in [0.4, 0.5) is 0 Å². The third-order valence-corrected chi connectivity index (χ3v) is 4.18. The number of hydrogen-bond donors (Lipinski definition) is 2. The molecule has 0 fully saturated rings. The Morgan fingerprint density at radius 2 is 1.57 bits per heavy atom. The lowest BCUT2D eigenvalue weighted by Gasteiger charge is -2.18. The zero-order valence-electron chi connectivity index (χ0n) is 15.1. The molecule has 142 valence electrons. The lowest BCUT2D eigenvalue weighted by molar-refractivity contribution is -0.143. The van der Waals surface area contributed by atoms with E-state index in [2.05, 4.69) is 10.3 Å². The number of aromatic nitrogens is 1. The van der Waals surface area contributed by atoms with E-state index in [4.69, 9.17) is 4.74 Å². The van der Waals surface area contributed by atoms with E-state index in [-0.39, 0.29) is 24.7 Å². The molecule has 3 rings (SSSR count). The molecule has 28 heavy (non-hydrogen) atoms. The van der Waals surface area contributed by atoms with Gasteiger partial charge in [-0.3, -0.25) is 14.4 Å². The Balaban J connectivity index is 1.64. The highest BCUT2D eigenvalue weighted by molar-refractivity contribution is 5.96. The van der Waals surface area contributed by atoms with Gasteiger partial charge in [0.25, 0.3) is 5.91 Å². The largest absolute Gasteiger partial charge is 0.457 e. The fourth-order valence-electron chi connectivity index (χ4n) is 2.72. The molecule has 1 heterocycles. The Bertz CT molecular complexity index is 922. The van der Waals surface area contributed by atoms with Crippen LogP contribution in [0.5, 0.6) is 0 Å². The summed E-state index contributed by atoms with van der Waals surface area (Å²) < 4.78 is 5.11. The van der Waals surface area contributed by atoms with Crippen molar-refractivity contribution < 1.29 is 19.1 Å². The van der Waals surface area contributed by atoms with Crippen molar-refractivity contribution in [3.63, 3.8) is 0 Å². The van der Waals surface area contributed by atoms with Crippen LogP contribution < -0.4 is 5.32 Å². The zero-order valence-corrected chi connectivity index (χ0v) is 15.1. The van der Waals surface area contributed by atoms with Gasteiger partial charge in [-0.15, -0.1) is 0 Å². The number of benzene rings is 2. The van der Waals surface area contributed by atoms with Gasteiger partial charge in [-0.2, -0.15) is 0 Å². The Kier molecular flexibility index (Phi) is 6.36. The van der Waals surface area contributed by atoms with Crippen molar-refractivity contribution in [2.24, 2.45) is 0 Å². The number of rotatable bonds is 8. The monoisotopic (exact) mass is 376 g/mol. The Morgan fingerprint density at radius 1 is 0.893 bits per heavy atom.